The van der Waals surface area contributed by atoms with Crippen molar-refractivity contribution in [3.05, 3.63) is 68.7 Å². The molecule has 0 radical (unpaired) electrons. The lowest BCUT2D eigenvalue weighted by atomic mass is 9.88. The van der Waals surface area contributed by atoms with Gasteiger partial charge in [0.25, 0.3) is 0 Å². The molecule has 0 bridgehead atoms. The molecule has 0 fully saturated rings. The highest BCUT2D eigenvalue weighted by Crippen LogP contribution is 2.37. The van der Waals surface area contributed by atoms with Crippen LogP contribution >= 0.6 is 27.5 Å². The highest BCUT2D eigenvalue weighted by molar-refractivity contribution is 9.10. The van der Waals surface area contributed by atoms with E-state index < -0.39 is 6.10 Å². The zero-order valence-corrected chi connectivity index (χ0v) is 13.5. The number of rotatable bonds is 4. The second kappa shape index (κ2) is 6.72. The Morgan fingerprint density at radius 1 is 1.15 bits per heavy atom. The standard InChI is InChI=1S/C16H17BrClNO/c1-10-5-4-7-12(15(10)17)16(20)13(9-19)11-6-2-3-8-14(11)18/h2-8,13,16,20H,9,19H2,1H3. The molecule has 2 unspecified atom stereocenters. The van der Waals surface area contributed by atoms with E-state index in [9.17, 15) is 5.11 Å². The van der Waals surface area contributed by atoms with E-state index in [4.69, 9.17) is 17.3 Å². The normalized spacial score (nSPS) is 14.1. The van der Waals surface area contributed by atoms with Gasteiger partial charge in [-0.1, -0.05) is 63.9 Å². The number of nitrogens with two attached hydrogens (primary N) is 1. The summed E-state index contributed by atoms with van der Waals surface area (Å²) < 4.78 is 0.915. The number of aliphatic hydroxyl groups excluding tert-OH is 1. The van der Waals surface area contributed by atoms with Crippen LogP contribution in [0.1, 0.15) is 28.7 Å². The van der Waals surface area contributed by atoms with E-state index in [0.29, 0.717) is 11.6 Å². The summed E-state index contributed by atoms with van der Waals surface area (Å²) in [6.07, 6.45) is -0.700. The van der Waals surface area contributed by atoms with Crippen molar-refractivity contribution in [1.29, 1.82) is 0 Å². The molecule has 106 valence electrons. The number of hydrogen-bond donors (Lipinski definition) is 2. The third kappa shape index (κ3) is 3.07. The molecule has 0 amide bonds. The molecular formula is C16H17BrClNO. The molecule has 2 atom stereocenters. The van der Waals surface area contributed by atoms with E-state index in [1.165, 1.54) is 0 Å². The van der Waals surface area contributed by atoms with Gasteiger partial charge in [0.05, 0.1) is 6.10 Å². The van der Waals surface area contributed by atoms with Crippen molar-refractivity contribution < 1.29 is 5.11 Å². The Hall–Kier alpha value is -0.870. The molecule has 2 aromatic carbocycles. The maximum atomic E-state index is 10.7. The second-order valence-corrected chi connectivity index (χ2v) is 5.99. The van der Waals surface area contributed by atoms with Crippen LogP contribution in [-0.2, 0) is 0 Å². The monoisotopic (exact) mass is 353 g/mol. The van der Waals surface area contributed by atoms with Crippen LogP contribution in [0.2, 0.25) is 5.02 Å². The van der Waals surface area contributed by atoms with Crippen LogP contribution in [0.3, 0.4) is 0 Å². The van der Waals surface area contributed by atoms with Gasteiger partial charge < -0.3 is 10.8 Å². The fourth-order valence-corrected chi connectivity index (χ4v) is 3.09. The average molecular weight is 355 g/mol. The number of halogens is 2. The van der Waals surface area contributed by atoms with Crippen LogP contribution in [0.25, 0.3) is 0 Å². The second-order valence-electron chi connectivity index (χ2n) is 4.79. The molecule has 0 heterocycles. The van der Waals surface area contributed by atoms with Crippen LogP contribution in [0, 0.1) is 6.92 Å². The lowest BCUT2D eigenvalue weighted by Crippen LogP contribution is -2.21. The lowest BCUT2D eigenvalue weighted by Gasteiger charge is -2.24. The van der Waals surface area contributed by atoms with Crippen molar-refractivity contribution in [3.8, 4) is 0 Å². The Labute approximate surface area is 132 Å². The largest absolute Gasteiger partial charge is 0.388 e. The molecule has 2 nitrogen and oxygen atoms in total. The summed E-state index contributed by atoms with van der Waals surface area (Å²) in [7, 11) is 0. The first-order valence-corrected chi connectivity index (χ1v) is 7.61. The Balaban J connectivity index is 2.42. The van der Waals surface area contributed by atoms with Crippen molar-refractivity contribution in [3.63, 3.8) is 0 Å². The summed E-state index contributed by atoms with van der Waals surface area (Å²) in [5.74, 6) is -0.234. The first-order valence-electron chi connectivity index (χ1n) is 6.43. The fraction of sp³-hybridized carbons (Fsp3) is 0.250. The smallest absolute Gasteiger partial charge is 0.0882 e. The van der Waals surface area contributed by atoms with Gasteiger partial charge >= 0.3 is 0 Å². The number of aryl methyl sites for hydroxylation is 1. The van der Waals surface area contributed by atoms with Gasteiger partial charge in [-0.3, -0.25) is 0 Å². The van der Waals surface area contributed by atoms with Gasteiger partial charge in [-0.2, -0.15) is 0 Å². The molecule has 4 heteroatoms. The molecule has 0 saturated heterocycles. The van der Waals surface area contributed by atoms with Crippen molar-refractivity contribution in [2.75, 3.05) is 6.54 Å². The Kier molecular flexibility index (Phi) is 5.22. The summed E-state index contributed by atoms with van der Waals surface area (Å²) in [5, 5.41) is 11.3. The first-order chi connectivity index (χ1) is 9.56. The topological polar surface area (TPSA) is 46.2 Å². The third-order valence-corrected chi connectivity index (χ3v) is 4.91. The summed E-state index contributed by atoms with van der Waals surface area (Å²) in [6.45, 7) is 2.32. The van der Waals surface area contributed by atoms with Crippen LogP contribution in [0.5, 0.6) is 0 Å². The van der Waals surface area contributed by atoms with Crippen molar-refractivity contribution in [2.24, 2.45) is 5.73 Å². The predicted octanol–water partition coefficient (Wildman–Crippen LogP) is 4.19. The molecule has 2 rings (SSSR count). The summed E-state index contributed by atoms with van der Waals surface area (Å²) in [4.78, 5) is 0. The average Bonchev–Trinajstić information content (AvgIpc) is 2.44. The summed E-state index contributed by atoms with van der Waals surface area (Å²) in [6, 6.07) is 13.3. The third-order valence-electron chi connectivity index (χ3n) is 3.48. The Morgan fingerprint density at radius 3 is 2.45 bits per heavy atom. The van der Waals surface area contributed by atoms with Crippen molar-refractivity contribution in [1.82, 2.24) is 0 Å². The van der Waals surface area contributed by atoms with E-state index in [2.05, 4.69) is 15.9 Å². The molecule has 0 spiro atoms. The maximum Gasteiger partial charge on any atom is 0.0882 e. The SMILES string of the molecule is Cc1cccc(C(O)C(CN)c2ccccc2Cl)c1Br. The van der Waals surface area contributed by atoms with E-state index >= 15 is 0 Å². The zero-order valence-electron chi connectivity index (χ0n) is 11.2. The first kappa shape index (κ1) is 15.5. The quantitative estimate of drug-likeness (QED) is 0.865. The predicted molar refractivity (Wildman–Crippen MR) is 87.1 cm³/mol. The van der Waals surface area contributed by atoms with E-state index in [1.54, 1.807) is 0 Å². The lowest BCUT2D eigenvalue weighted by molar-refractivity contribution is 0.146. The number of aliphatic hydroxyl groups is 1. The van der Waals surface area contributed by atoms with Gasteiger partial charge in [0.1, 0.15) is 0 Å². The highest BCUT2D eigenvalue weighted by atomic mass is 79.9. The number of benzene rings is 2. The molecule has 0 aliphatic heterocycles. The van der Waals surface area contributed by atoms with Gasteiger partial charge in [0.15, 0.2) is 0 Å². The minimum absolute atomic E-state index is 0.234. The van der Waals surface area contributed by atoms with Gasteiger partial charge in [-0.25, -0.2) is 0 Å². The number of hydrogen-bond acceptors (Lipinski definition) is 2. The minimum atomic E-state index is -0.700. The molecule has 0 saturated carbocycles. The zero-order chi connectivity index (χ0) is 14.7. The van der Waals surface area contributed by atoms with Gasteiger partial charge in [0, 0.05) is 22.0 Å². The summed E-state index contributed by atoms with van der Waals surface area (Å²) >= 11 is 9.76. The van der Waals surface area contributed by atoms with Gasteiger partial charge in [-0.05, 0) is 29.7 Å². The molecule has 0 aliphatic rings. The van der Waals surface area contributed by atoms with Gasteiger partial charge in [-0.15, -0.1) is 0 Å². The van der Waals surface area contributed by atoms with Gasteiger partial charge in [0.2, 0.25) is 0 Å². The molecular weight excluding hydrogens is 338 g/mol. The van der Waals surface area contributed by atoms with Crippen LogP contribution in [0.15, 0.2) is 46.9 Å². The maximum absolute atomic E-state index is 10.7. The Bertz CT molecular complexity index is 603. The van der Waals surface area contributed by atoms with E-state index in [1.807, 2.05) is 49.4 Å². The molecule has 2 aromatic rings. The molecule has 0 aliphatic carbocycles. The fourth-order valence-electron chi connectivity index (χ4n) is 2.32. The molecule has 0 aromatic heterocycles. The van der Waals surface area contributed by atoms with Crippen molar-refractivity contribution in [2.45, 2.75) is 18.9 Å². The highest BCUT2D eigenvalue weighted by Gasteiger charge is 2.25. The van der Waals surface area contributed by atoms with E-state index in [-0.39, 0.29) is 5.92 Å². The van der Waals surface area contributed by atoms with Crippen LogP contribution < -0.4 is 5.73 Å². The van der Waals surface area contributed by atoms with Crippen molar-refractivity contribution >= 4 is 27.5 Å². The molecule has 3 N–H and O–H groups in total. The minimum Gasteiger partial charge on any atom is -0.388 e. The summed E-state index contributed by atoms with van der Waals surface area (Å²) in [5.41, 5.74) is 8.65. The van der Waals surface area contributed by atoms with E-state index in [0.717, 1.165) is 21.2 Å². The Morgan fingerprint density at radius 2 is 1.80 bits per heavy atom. The van der Waals surface area contributed by atoms with Crippen LogP contribution in [-0.4, -0.2) is 11.7 Å². The molecule has 20 heavy (non-hydrogen) atoms. The van der Waals surface area contributed by atoms with Crippen LogP contribution in [0.4, 0.5) is 0 Å².